The van der Waals surface area contributed by atoms with Gasteiger partial charge in [-0.15, -0.1) is 10.2 Å². The third-order valence-corrected chi connectivity index (χ3v) is 6.38. The van der Waals surface area contributed by atoms with Crippen LogP contribution in [0.15, 0.2) is 46.8 Å². The summed E-state index contributed by atoms with van der Waals surface area (Å²) < 4.78 is 24.3. The Balaban J connectivity index is 1.23. The first-order valence-electron chi connectivity index (χ1n) is 9.20. The van der Waals surface area contributed by atoms with E-state index in [0.29, 0.717) is 27.5 Å². The molecule has 1 atom stereocenters. The molecule has 2 heterocycles. The first-order valence-corrected chi connectivity index (χ1v) is 11.0. The summed E-state index contributed by atoms with van der Waals surface area (Å²) in [6.45, 7) is 2.66. The highest BCUT2D eigenvalue weighted by Gasteiger charge is 2.17. The molecule has 2 N–H and O–H groups in total. The van der Waals surface area contributed by atoms with Gasteiger partial charge in [0.25, 0.3) is 0 Å². The Bertz CT molecular complexity index is 1030. The summed E-state index contributed by atoms with van der Waals surface area (Å²) in [5.41, 5.74) is 1.89. The van der Waals surface area contributed by atoms with Gasteiger partial charge in [-0.05, 0) is 42.3 Å². The summed E-state index contributed by atoms with van der Waals surface area (Å²) in [5.74, 6) is 1.28. The van der Waals surface area contributed by atoms with E-state index in [-0.39, 0.29) is 30.3 Å². The van der Waals surface area contributed by atoms with E-state index < -0.39 is 0 Å². The van der Waals surface area contributed by atoms with Crippen LogP contribution in [0.25, 0.3) is 0 Å². The Kier molecular flexibility index (Phi) is 6.34. The second-order valence-electron chi connectivity index (χ2n) is 6.54. The maximum atomic E-state index is 12.9. The van der Waals surface area contributed by atoms with E-state index in [4.69, 9.17) is 9.47 Å². The molecule has 0 spiro atoms. The summed E-state index contributed by atoms with van der Waals surface area (Å²) >= 11 is 2.70. The molecule has 1 aliphatic heterocycles. The largest absolute Gasteiger partial charge is 0.454 e. The van der Waals surface area contributed by atoms with Crippen LogP contribution in [0.2, 0.25) is 0 Å². The van der Waals surface area contributed by atoms with E-state index in [9.17, 15) is 9.18 Å². The number of nitrogens with one attached hydrogen (secondary N) is 2. The van der Waals surface area contributed by atoms with E-state index in [1.165, 1.54) is 35.2 Å². The lowest BCUT2D eigenvalue weighted by molar-refractivity contribution is -0.119. The van der Waals surface area contributed by atoms with E-state index in [1.54, 1.807) is 12.1 Å². The molecule has 30 heavy (non-hydrogen) atoms. The number of thioether (sulfide) groups is 1. The zero-order valence-corrected chi connectivity index (χ0v) is 17.7. The number of anilines is 1. The van der Waals surface area contributed by atoms with Crippen molar-refractivity contribution in [3.8, 4) is 11.5 Å². The van der Waals surface area contributed by atoms with Gasteiger partial charge in [0, 0.05) is 6.54 Å². The number of rotatable bonds is 8. The number of hydrogen-bond acceptors (Lipinski definition) is 8. The zero-order chi connectivity index (χ0) is 20.9. The minimum Gasteiger partial charge on any atom is -0.454 e. The van der Waals surface area contributed by atoms with Crippen LogP contribution in [0, 0.1) is 5.82 Å². The molecular weight excluding hydrogens is 427 g/mol. The van der Waals surface area contributed by atoms with Gasteiger partial charge < -0.3 is 20.1 Å². The molecule has 7 nitrogen and oxygen atoms in total. The van der Waals surface area contributed by atoms with Gasteiger partial charge in [-0.3, -0.25) is 4.79 Å². The Morgan fingerprint density at radius 1 is 1.20 bits per heavy atom. The third kappa shape index (κ3) is 5.19. The molecule has 3 aromatic rings. The number of hydrogen-bond donors (Lipinski definition) is 2. The highest BCUT2D eigenvalue weighted by molar-refractivity contribution is 8.01. The second-order valence-corrected chi connectivity index (χ2v) is 8.74. The molecule has 0 bridgehead atoms. The van der Waals surface area contributed by atoms with E-state index in [0.717, 1.165) is 11.1 Å². The Labute approximate surface area is 181 Å². The van der Waals surface area contributed by atoms with Crippen LogP contribution < -0.4 is 20.1 Å². The normalized spacial score (nSPS) is 13.1. The molecule has 0 fully saturated rings. The van der Waals surface area contributed by atoms with Crippen molar-refractivity contribution in [2.75, 3.05) is 17.9 Å². The average molecular weight is 447 g/mol. The first-order chi connectivity index (χ1) is 14.6. The van der Waals surface area contributed by atoms with Gasteiger partial charge in [-0.25, -0.2) is 4.39 Å². The molecule has 156 valence electrons. The molecule has 0 unspecified atom stereocenters. The molecule has 10 heteroatoms. The monoisotopic (exact) mass is 446 g/mol. The van der Waals surface area contributed by atoms with Crippen molar-refractivity contribution in [2.45, 2.75) is 23.8 Å². The maximum Gasteiger partial charge on any atom is 0.231 e. The van der Waals surface area contributed by atoms with Gasteiger partial charge in [-0.1, -0.05) is 41.3 Å². The number of benzene rings is 2. The second kappa shape index (κ2) is 9.31. The molecule has 0 saturated heterocycles. The number of halogens is 1. The summed E-state index contributed by atoms with van der Waals surface area (Å²) in [7, 11) is 0. The van der Waals surface area contributed by atoms with Crippen molar-refractivity contribution in [3.63, 3.8) is 0 Å². The highest BCUT2D eigenvalue weighted by Crippen LogP contribution is 2.34. The number of nitrogens with zero attached hydrogens (tertiary/aromatic N) is 2. The average Bonchev–Trinajstić information content (AvgIpc) is 3.40. The Morgan fingerprint density at radius 3 is 2.83 bits per heavy atom. The van der Waals surface area contributed by atoms with Gasteiger partial charge in [-0.2, -0.15) is 0 Å². The fourth-order valence-electron chi connectivity index (χ4n) is 2.80. The van der Waals surface area contributed by atoms with Gasteiger partial charge in [0.05, 0.1) is 11.8 Å². The fourth-order valence-corrected chi connectivity index (χ4v) is 4.35. The van der Waals surface area contributed by atoms with Gasteiger partial charge in [0.2, 0.25) is 17.8 Å². The van der Waals surface area contributed by atoms with Crippen molar-refractivity contribution in [3.05, 3.63) is 59.4 Å². The minimum absolute atomic E-state index is 0.0961. The quantitative estimate of drug-likeness (QED) is 0.506. The van der Waals surface area contributed by atoms with E-state index in [1.807, 2.05) is 25.1 Å². The highest BCUT2D eigenvalue weighted by atomic mass is 32.2. The lowest BCUT2D eigenvalue weighted by atomic mass is 10.1. The first kappa shape index (κ1) is 20.4. The fraction of sp³-hybridized carbons (Fsp3) is 0.250. The van der Waals surface area contributed by atoms with Crippen molar-refractivity contribution < 1.29 is 18.7 Å². The number of carbonyl (C=O) groups excluding carboxylic acids is 1. The number of carbonyl (C=O) groups is 1. The number of fused-ring (bicyclic) bond motifs is 1. The predicted molar refractivity (Wildman–Crippen MR) is 113 cm³/mol. The summed E-state index contributed by atoms with van der Waals surface area (Å²) in [6, 6.07) is 11.7. The lowest BCUT2D eigenvalue weighted by Gasteiger charge is -2.14. The summed E-state index contributed by atoms with van der Waals surface area (Å²) in [4.78, 5) is 12.3. The predicted octanol–water partition coefficient (Wildman–Crippen LogP) is 3.99. The molecule has 1 amide bonds. The van der Waals surface area contributed by atoms with Crippen LogP contribution in [0.4, 0.5) is 9.52 Å². The number of amides is 1. The SMILES string of the molecule is C[C@H](NC(=O)CSc1nnc(NCc2ccc(F)cc2)s1)c1ccc2c(c1)OCO2. The van der Waals surface area contributed by atoms with E-state index >= 15 is 0 Å². The van der Waals surface area contributed by atoms with Crippen LogP contribution in [-0.2, 0) is 11.3 Å². The van der Waals surface area contributed by atoms with Gasteiger partial charge in [0.15, 0.2) is 15.8 Å². The number of ether oxygens (including phenoxy) is 2. The van der Waals surface area contributed by atoms with Gasteiger partial charge >= 0.3 is 0 Å². The Morgan fingerprint density at radius 2 is 2.00 bits per heavy atom. The van der Waals surface area contributed by atoms with Crippen molar-refractivity contribution in [1.29, 1.82) is 0 Å². The maximum absolute atomic E-state index is 12.9. The number of aromatic nitrogens is 2. The summed E-state index contributed by atoms with van der Waals surface area (Å²) in [5, 5.41) is 14.9. The standard InChI is InChI=1S/C20H19FN4O3S2/c1-12(14-4-7-16-17(8-14)28-11-27-16)23-18(26)10-29-20-25-24-19(30-20)22-9-13-2-5-15(21)6-3-13/h2-8,12H,9-11H2,1H3,(H,22,24)(H,23,26)/t12-/m0/s1. The van der Waals surface area contributed by atoms with E-state index in [2.05, 4.69) is 20.8 Å². The third-order valence-electron chi connectivity index (χ3n) is 4.36. The van der Waals surface area contributed by atoms with Crippen LogP contribution >= 0.6 is 23.1 Å². The molecule has 0 radical (unpaired) electrons. The molecule has 2 aromatic carbocycles. The molecule has 1 aliphatic rings. The molecule has 4 rings (SSSR count). The van der Waals surface area contributed by atoms with Crippen molar-refractivity contribution >= 4 is 34.1 Å². The Hall–Kier alpha value is -2.85. The topological polar surface area (TPSA) is 85.4 Å². The molecule has 1 aromatic heterocycles. The van der Waals surface area contributed by atoms with Crippen LogP contribution in [-0.4, -0.2) is 28.7 Å². The smallest absolute Gasteiger partial charge is 0.231 e. The molecular formula is C20H19FN4O3S2. The lowest BCUT2D eigenvalue weighted by Crippen LogP contribution is -2.28. The molecule has 0 saturated carbocycles. The van der Waals surface area contributed by atoms with Crippen LogP contribution in [0.5, 0.6) is 11.5 Å². The summed E-state index contributed by atoms with van der Waals surface area (Å²) in [6.07, 6.45) is 0. The van der Waals surface area contributed by atoms with Gasteiger partial charge in [0.1, 0.15) is 5.82 Å². The zero-order valence-electron chi connectivity index (χ0n) is 16.1. The van der Waals surface area contributed by atoms with Crippen molar-refractivity contribution in [1.82, 2.24) is 15.5 Å². The molecule has 0 aliphatic carbocycles. The minimum atomic E-state index is -0.264. The van der Waals surface area contributed by atoms with Crippen LogP contribution in [0.3, 0.4) is 0 Å². The van der Waals surface area contributed by atoms with Crippen LogP contribution in [0.1, 0.15) is 24.1 Å². The van der Waals surface area contributed by atoms with Crippen molar-refractivity contribution in [2.24, 2.45) is 0 Å².